The van der Waals surface area contributed by atoms with Crippen molar-refractivity contribution >= 4 is 23.3 Å². The zero-order chi connectivity index (χ0) is 19.7. The number of carbonyl (C=O) groups is 1. The predicted molar refractivity (Wildman–Crippen MR) is 113 cm³/mol. The van der Waals surface area contributed by atoms with Crippen molar-refractivity contribution in [3.63, 3.8) is 0 Å². The zero-order valence-electron chi connectivity index (χ0n) is 16.0. The number of hydrogen-bond acceptors (Lipinski definition) is 3. The molecule has 1 aliphatic rings. The van der Waals surface area contributed by atoms with E-state index in [1.54, 1.807) is 0 Å². The molecule has 28 heavy (non-hydrogen) atoms. The van der Waals surface area contributed by atoms with Gasteiger partial charge in [-0.1, -0.05) is 29.8 Å². The van der Waals surface area contributed by atoms with Crippen LogP contribution in [0.2, 0.25) is 5.02 Å². The average Bonchev–Trinajstić information content (AvgIpc) is 3.34. The molecule has 1 saturated heterocycles. The number of nitrogens with zero attached hydrogens (tertiary/aromatic N) is 2. The van der Waals surface area contributed by atoms with Crippen LogP contribution in [0.3, 0.4) is 0 Å². The monoisotopic (exact) mass is 394 g/mol. The maximum atomic E-state index is 12.6. The van der Waals surface area contributed by atoms with Crippen molar-refractivity contribution in [2.75, 3.05) is 18.0 Å². The van der Waals surface area contributed by atoms with Crippen LogP contribution in [-0.4, -0.2) is 35.2 Å². The van der Waals surface area contributed by atoms with Crippen LogP contribution in [0.5, 0.6) is 0 Å². The average molecular weight is 395 g/mol. The molecule has 4 rings (SSSR count). The summed E-state index contributed by atoms with van der Waals surface area (Å²) in [5.41, 5.74) is 5.04. The van der Waals surface area contributed by atoms with Crippen LogP contribution in [0.4, 0.5) is 5.82 Å². The van der Waals surface area contributed by atoms with E-state index in [2.05, 4.69) is 20.4 Å². The van der Waals surface area contributed by atoms with E-state index in [1.807, 2.05) is 62.4 Å². The van der Waals surface area contributed by atoms with Crippen molar-refractivity contribution in [2.45, 2.75) is 26.3 Å². The van der Waals surface area contributed by atoms with Crippen LogP contribution >= 0.6 is 11.6 Å². The number of aryl methyl sites for hydroxylation is 2. The Kier molecular flexibility index (Phi) is 5.09. The lowest BCUT2D eigenvalue weighted by atomic mass is 10.1. The molecule has 0 aliphatic carbocycles. The van der Waals surface area contributed by atoms with Gasteiger partial charge in [-0.25, -0.2) is 0 Å². The largest absolute Gasteiger partial charge is 0.353 e. The minimum Gasteiger partial charge on any atom is -0.353 e. The summed E-state index contributed by atoms with van der Waals surface area (Å²) in [7, 11) is 0. The van der Waals surface area contributed by atoms with Crippen LogP contribution < -0.4 is 10.2 Å². The fourth-order valence-electron chi connectivity index (χ4n) is 3.49. The maximum absolute atomic E-state index is 12.6. The molecule has 1 atom stereocenters. The molecule has 1 unspecified atom stereocenters. The molecule has 0 saturated carbocycles. The van der Waals surface area contributed by atoms with Crippen LogP contribution in [-0.2, 0) is 0 Å². The van der Waals surface area contributed by atoms with Crippen LogP contribution in [0.15, 0.2) is 48.5 Å². The number of amides is 1. The zero-order valence-corrected chi connectivity index (χ0v) is 16.8. The number of halogens is 1. The molecule has 0 spiro atoms. The summed E-state index contributed by atoms with van der Waals surface area (Å²) in [6.45, 7) is 5.69. The van der Waals surface area contributed by atoms with E-state index in [1.165, 1.54) is 5.56 Å². The van der Waals surface area contributed by atoms with Crippen LogP contribution in [0.1, 0.15) is 27.9 Å². The van der Waals surface area contributed by atoms with Gasteiger partial charge in [0.15, 0.2) is 5.82 Å². The van der Waals surface area contributed by atoms with Gasteiger partial charge in [-0.15, -0.1) is 0 Å². The lowest BCUT2D eigenvalue weighted by Gasteiger charge is -2.16. The van der Waals surface area contributed by atoms with Gasteiger partial charge in [0, 0.05) is 35.8 Å². The van der Waals surface area contributed by atoms with Crippen molar-refractivity contribution in [1.82, 2.24) is 15.5 Å². The highest BCUT2D eigenvalue weighted by Crippen LogP contribution is 2.25. The minimum absolute atomic E-state index is 0.0150. The van der Waals surface area contributed by atoms with Crippen LogP contribution in [0, 0.1) is 13.8 Å². The minimum atomic E-state index is -0.0150. The number of hydrogen-bond donors (Lipinski definition) is 2. The van der Waals surface area contributed by atoms with E-state index in [4.69, 9.17) is 11.6 Å². The number of benzene rings is 2. The molecule has 1 amide bonds. The molecule has 3 aromatic rings. The van der Waals surface area contributed by atoms with Gasteiger partial charge in [0.25, 0.3) is 5.91 Å². The second-order valence-corrected chi connectivity index (χ2v) is 7.79. The van der Waals surface area contributed by atoms with Crippen molar-refractivity contribution in [3.8, 4) is 11.3 Å². The molecule has 6 heteroatoms. The van der Waals surface area contributed by atoms with Crippen molar-refractivity contribution < 1.29 is 4.79 Å². The first-order chi connectivity index (χ1) is 13.5. The first-order valence-electron chi connectivity index (χ1n) is 9.44. The van der Waals surface area contributed by atoms with E-state index >= 15 is 0 Å². The lowest BCUT2D eigenvalue weighted by Crippen LogP contribution is -2.37. The van der Waals surface area contributed by atoms with Gasteiger partial charge in [0.2, 0.25) is 0 Å². The molecule has 0 radical (unpaired) electrons. The SMILES string of the molecule is Cc1ccc(C(=O)NC2CCN(c3cc(-c4ccc(Cl)cc4)[nH]n3)C2)cc1C. The molecular formula is C22H23ClN4O. The molecule has 2 heterocycles. The van der Waals surface area contributed by atoms with Gasteiger partial charge in [0.1, 0.15) is 0 Å². The molecule has 1 aliphatic heterocycles. The van der Waals surface area contributed by atoms with Crippen molar-refractivity contribution in [1.29, 1.82) is 0 Å². The molecule has 1 aromatic heterocycles. The number of nitrogens with one attached hydrogen (secondary N) is 2. The highest BCUT2D eigenvalue weighted by atomic mass is 35.5. The summed E-state index contributed by atoms with van der Waals surface area (Å²) in [4.78, 5) is 14.8. The van der Waals surface area contributed by atoms with Gasteiger partial charge in [-0.2, -0.15) is 5.10 Å². The van der Waals surface area contributed by atoms with Gasteiger partial charge in [0.05, 0.1) is 5.69 Å². The lowest BCUT2D eigenvalue weighted by molar-refractivity contribution is 0.0940. The summed E-state index contributed by atoms with van der Waals surface area (Å²) in [5.74, 6) is 0.881. The number of aromatic nitrogens is 2. The third-order valence-corrected chi connectivity index (χ3v) is 5.59. The van der Waals surface area contributed by atoms with E-state index < -0.39 is 0 Å². The molecule has 2 aromatic carbocycles. The van der Waals surface area contributed by atoms with E-state index in [0.29, 0.717) is 10.6 Å². The van der Waals surface area contributed by atoms with Crippen molar-refractivity contribution in [2.24, 2.45) is 0 Å². The van der Waals surface area contributed by atoms with Gasteiger partial charge in [-0.05, 0) is 61.2 Å². The Bertz CT molecular complexity index is 996. The quantitative estimate of drug-likeness (QED) is 0.691. The Morgan fingerprint density at radius 2 is 1.93 bits per heavy atom. The van der Waals surface area contributed by atoms with Gasteiger partial charge < -0.3 is 10.2 Å². The fourth-order valence-corrected chi connectivity index (χ4v) is 3.61. The number of H-pyrrole nitrogens is 1. The first kappa shape index (κ1) is 18.6. The van der Waals surface area contributed by atoms with E-state index in [-0.39, 0.29) is 11.9 Å². The highest BCUT2D eigenvalue weighted by Gasteiger charge is 2.26. The topological polar surface area (TPSA) is 61.0 Å². The summed E-state index contributed by atoms with van der Waals surface area (Å²) < 4.78 is 0. The third-order valence-electron chi connectivity index (χ3n) is 5.34. The second kappa shape index (κ2) is 7.68. The Morgan fingerprint density at radius 3 is 2.68 bits per heavy atom. The number of anilines is 1. The number of rotatable bonds is 4. The first-order valence-corrected chi connectivity index (χ1v) is 9.82. The normalized spacial score (nSPS) is 16.4. The summed E-state index contributed by atoms with van der Waals surface area (Å²) >= 11 is 5.96. The van der Waals surface area contributed by atoms with E-state index in [9.17, 15) is 4.79 Å². The summed E-state index contributed by atoms with van der Waals surface area (Å²) in [6, 6.07) is 15.7. The smallest absolute Gasteiger partial charge is 0.251 e. The highest BCUT2D eigenvalue weighted by molar-refractivity contribution is 6.30. The Balaban J connectivity index is 1.39. The molecule has 2 N–H and O–H groups in total. The Labute approximate surface area is 169 Å². The maximum Gasteiger partial charge on any atom is 0.251 e. The summed E-state index contributed by atoms with van der Waals surface area (Å²) in [5, 5.41) is 11.4. The number of carbonyl (C=O) groups excluding carboxylic acids is 1. The summed E-state index contributed by atoms with van der Waals surface area (Å²) in [6.07, 6.45) is 0.903. The fraction of sp³-hybridized carbons (Fsp3) is 0.273. The van der Waals surface area contributed by atoms with E-state index in [0.717, 1.165) is 42.1 Å². The molecule has 5 nitrogen and oxygen atoms in total. The molecule has 0 bridgehead atoms. The predicted octanol–water partition coefficient (Wildman–Crippen LogP) is 4.36. The second-order valence-electron chi connectivity index (χ2n) is 7.35. The third kappa shape index (κ3) is 3.90. The van der Waals surface area contributed by atoms with Gasteiger partial charge >= 0.3 is 0 Å². The van der Waals surface area contributed by atoms with Crippen LogP contribution in [0.25, 0.3) is 11.3 Å². The van der Waals surface area contributed by atoms with Crippen molar-refractivity contribution in [3.05, 3.63) is 70.2 Å². The Morgan fingerprint density at radius 1 is 1.14 bits per heavy atom. The number of aromatic amines is 1. The molecule has 144 valence electrons. The van der Waals surface area contributed by atoms with Gasteiger partial charge in [-0.3, -0.25) is 9.89 Å². The Hall–Kier alpha value is -2.79. The molecular weight excluding hydrogens is 372 g/mol. The standard InChI is InChI=1S/C22H23ClN4O/c1-14-3-4-17(11-15(14)2)22(28)24-19-9-10-27(13-19)21-12-20(25-26-21)16-5-7-18(23)8-6-16/h3-8,11-12,19H,9-10,13H2,1-2H3,(H,24,28)(H,25,26). The molecule has 1 fully saturated rings.